The van der Waals surface area contributed by atoms with Gasteiger partial charge in [0.1, 0.15) is 0 Å². The summed E-state index contributed by atoms with van der Waals surface area (Å²) in [6.45, 7) is 4.37. The Morgan fingerprint density at radius 3 is 2.81 bits per heavy atom. The second-order valence-electron chi connectivity index (χ2n) is 4.82. The summed E-state index contributed by atoms with van der Waals surface area (Å²) in [5.74, 6) is 0.745. The molecule has 0 fully saturated rings. The summed E-state index contributed by atoms with van der Waals surface area (Å²) in [7, 11) is 1.71. The van der Waals surface area contributed by atoms with E-state index in [1.54, 1.807) is 7.05 Å². The highest BCUT2D eigenvalue weighted by Gasteiger charge is 2.28. The SMILES string of the molecule is CNC(=O)C1CCc2ccc(C(C)C)cc21. The molecule has 0 saturated carbocycles. The zero-order valence-electron chi connectivity index (χ0n) is 10.2. The summed E-state index contributed by atoms with van der Waals surface area (Å²) < 4.78 is 0. The monoisotopic (exact) mass is 217 g/mol. The maximum absolute atomic E-state index is 11.7. The smallest absolute Gasteiger partial charge is 0.227 e. The Hall–Kier alpha value is -1.31. The maximum atomic E-state index is 11.7. The van der Waals surface area contributed by atoms with Gasteiger partial charge < -0.3 is 5.32 Å². The second-order valence-corrected chi connectivity index (χ2v) is 4.82. The molecule has 1 N–H and O–H groups in total. The fraction of sp³-hybridized carbons (Fsp3) is 0.500. The minimum Gasteiger partial charge on any atom is -0.359 e. The van der Waals surface area contributed by atoms with Crippen LogP contribution in [0.4, 0.5) is 0 Å². The van der Waals surface area contributed by atoms with Gasteiger partial charge in [-0.2, -0.15) is 0 Å². The van der Waals surface area contributed by atoms with E-state index in [4.69, 9.17) is 0 Å². The van der Waals surface area contributed by atoms with E-state index in [9.17, 15) is 4.79 Å². The highest BCUT2D eigenvalue weighted by molar-refractivity contribution is 5.84. The van der Waals surface area contributed by atoms with Gasteiger partial charge in [-0.3, -0.25) is 4.79 Å². The molecule has 1 amide bonds. The number of fused-ring (bicyclic) bond motifs is 1. The average molecular weight is 217 g/mol. The molecule has 0 saturated heterocycles. The van der Waals surface area contributed by atoms with Crippen molar-refractivity contribution in [3.05, 3.63) is 34.9 Å². The predicted octanol–water partition coefficient (Wildman–Crippen LogP) is 2.59. The minimum absolute atomic E-state index is 0.0682. The fourth-order valence-electron chi connectivity index (χ4n) is 2.43. The largest absolute Gasteiger partial charge is 0.359 e. The topological polar surface area (TPSA) is 29.1 Å². The van der Waals surface area contributed by atoms with E-state index >= 15 is 0 Å². The van der Waals surface area contributed by atoms with Gasteiger partial charge in [0.2, 0.25) is 5.91 Å². The van der Waals surface area contributed by atoms with E-state index in [0.29, 0.717) is 5.92 Å². The zero-order chi connectivity index (χ0) is 11.7. The molecule has 0 spiro atoms. The zero-order valence-corrected chi connectivity index (χ0v) is 10.2. The molecular weight excluding hydrogens is 198 g/mol. The Morgan fingerprint density at radius 2 is 2.19 bits per heavy atom. The molecule has 1 atom stereocenters. The second kappa shape index (κ2) is 4.28. The van der Waals surface area contributed by atoms with E-state index in [1.807, 2.05) is 0 Å². The van der Waals surface area contributed by atoms with Gasteiger partial charge >= 0.3 is 0 Å². The van der Waals surface area contributed by atoms with E-state index in [2.05, 4.69) is 37.4 Å². The lowest BCUT2D eigenvalue weighted by Crippen LogP contribution is -2.24. The molecule has 1 unspecified atom stereocenters. The number of aryl methyl sites for hydroxylation is 1. The summed E-state index contributed by atoms with van der Waals surface area (Å²) in [5.41, 5.74) is 3.91. The van der Waals surface area contributed by atoms with Crippen LogP contribution in [0.3, 0.4) is 0 Å². The summed E-state index contributed by atoms with van der Waals surface area (Å²) in [6, 6.07) is 6.59. The summed E-state index contributed by atoms with van der Waals surface area (Å²) in [6.07, 6.45) is 1.99. The molecule has 1 aromatic rings. The average Bonchev–Trinajstić information content (AvgIpc) is 2.70. The van der Waals surface area contributed by atoms with Gasteiger partial charge in [-0.05, 0) is 35.4 Å². The quantitative estimate of drug-likeness (QED) is 0.810. The van der Waals surface area contributed by atoms with Gasteiger partial charge in [0, 0.05) is 7.05 Å². The highest BCUT2D eigenvalue weighted by atomic mass is 16.1. The van der Waals surface area contributed by atoms with Crippen LogP contribution in [0.25, 0.3) is 0 Å². The van der Waals surface area contributed by atoms with Crippen LogP contribution in [0.5, 0.6) is 0 Å². The third-order valence-electron chi connectivity index (χ3n) is 3.48. The lowest BCUT2D eigenvalue weighted by molar-refractivity contribution is -0.122. The van der Waals surface area contributed by atoms with Crippen molar-refractivity contribution in [2.75, 3.05) is 7.05 Å². The molecule has 2 rings (SSSR count). The summed E-state index contributed by atoms with van der Waals surface area (Å²) >= 11 is 0. The molecule has 0 aliphatic heterocycles. The van der Waals surface area contributed by atoms with Crippen LogP contribution < -0.4 is 5.32 Å². The van der Waals surface area contributed by atoms with Crippen molar-refractivity contribution < 1.29 is 4.79 Å². The number of likely N-dealkylation sites (N-methyl/N-ethyl adjacent to an activating group) is 1. The van der Waals surface area contributed by atoms with Crippen LogP contribution in [0, 0.1) is 0 Å². The number of nitrogens with one attached hydrogen (secondary N) is 1. The predicted molar refractivity (Wildman–Crippen MR) is 65.7 cm³/mol. The van der Waals surface area contributed by atoms with Gasteiger partial charge in [-0.1, -0.05) is 32.0 Å². The summed E-state index contributed by atoms with van der Waals surface area (Å²) in [5, 5.41) is 2.76. The number of hydrogen-bond acceptors (Lipinski definition) is 1. The lowest BCUT2D eigenvalue weighted by Gasteiger charge is -2.12. The number of amides is 1. The molecule has 0 bridgehead atoms. The number of benzene rings is 1. The number of carbonyl (C=O) groups excluding carboxylic acids is 1. The van der Waals surface area contributed by atoms with Crippen molar-refractivity contribution in [2.45, 2.75) is 38.5 Å². The van der Waals surface area contributed by atoms with Crippen molar-refractivity contribution in [3.8, 4) is 0 Å². The van der Waals surface area contributed by atoms with Gasteiger partial charge in [-0.25, -0.2) is 0 Å². The third kappa shape index (κ3) is 1.84. The molecule has 2 heteroatoms. The minimum atomic E-state index is 0.0682. The number of carbonyl (C=O) groups is 1. The van der Waals surface area contributed by atoms with Crippen molar-refractivity contribution >= 4 is 5.91 Å². The highest BCUT2D eigenvalue weighted by Crippen LogP contribution is 2.35. The molecule has 1 aromatic carbocycles. The molecule has 1 aliphatic carbocycles. The lowest BCUT2D eigenvalue weighted by atomic mass is 9.94. The molecule has 0 heterocycles. The van der Waals surface area contributed by atoms with Crippen molar-refractivity contribution in [3.63, 3.8) is 0 Å². The maximum Gasteiger partial charge on any atom is 0.227 e. The van der Waals surface area contributed by atoms with Crippen LogP contribution >= 0.6 is 0 Å². The van der Waals surface area contributed by atoms with Crippen molar-refractivity contribution in [1.29, 1.82) is 0 Å². The van der Waals surface area contributed by atoms with E-state index in [-0.39, 0.29) is 11.8 Å². The fourth-order valence-corrected chi connectivity index (χ4v) is 2.43. The molecule has 86 valence electrons. The molecular formula is C14H19NO. The first-order chi connectivity index (χ1) is 7.63. The van der Waals surface area contributed by atoms with Gasteiger partial charge in [0.25, 0.3) is 0 Å². The first-order valence-electron chi connectivity index (χ1n) is 5.97. The van der Waals surface area contributed by atoms with Crippen LogP contribution in [-0.4, -0.2) is 13.0 Å². The Bertz CT molecular complexity index is 409. The molecule has 1 aliphatic rings. The summed E-state index contributed by atoms with van der Waals surface area (Å²) in [4.78, 5) is 11.7. The van der Waals surface area contributed by atoms with Crippen LogP contribution in [0.1, 0.15) is 48.8 Å². The van der Waals surface area contributed by atoms with E-state index in [1.165, 1.54) is 16.7 Å². The molecule has 0 radical (unpaired) electrons. The normalized spacial score (nSPS) is 18.6. The first kappa shape index (κ1) is 11.2. The van der Waals surface area contributed by atoms with E-state index in [0.717, 1.165) is 12.8 Å². The van der Waals surface area contributed by atoms with Gasteiger partial charge in [0.15, 0.2) is 0 Å². The van der Waals surface area contributed by atoms with E-state index < -0.39 is 0 Å². The van der Waals surface area contributed by atoms with Crippen LogP contribution in [-0.2, 0) is 11.2 Å². The third-order valence-corrected chi connectivity index (χ3v) is 3.48. The molecule has 16 heavy (non-hydrogen) atoms. The Morgan fingerprint density at radius 1 is 1.44 bits per heavy atom. The van der Waals surface area contributed by atoms with Gasteiger partial charge in [0.05, 0.1) is 5.92 Å². The van der Waals surface area contributed by atoms with Crippen LogP contribution in [0.15, 0.2) is 18.2 Å². The van der Waals surface area contributed by atoms with Crippen molar-refractivity contribution in [2.24, 2.45) is 0 Å². The first-order valence-corrected chi connectivity index (χ1v) is 5.97. The molecule has 2 nitrogen and oxygen atoms in total. The Balaban J connectivity index is 2.37. The van der Waals surface area contributed by atoms with Crippen molar-refractivity contribution in [1.82, 2.24) is 5.32 Å². The number of rotatable bonds is 2. The number of hydrogen-bond donors (Lipinski definition) is 1. The standard InChI is InChI=1S/C14H19NO/c1-9(2)11-5-4-10-6-7-12(13(10)8-11)14(16)15-3/h4-5,8-9,12H,6-7H2,1-3H3,(H,15,16). The molecule has 0 aromatic heterocycles. The Labute approximate surface area is 97.1 Å². The Kier molecular flexibility index (Phi) is 2.99. The van der Waals surface area contributed by atoms with Crippen LogP contribution in [0.2, 0.25) is 0 Å². The van der Waals surface area contributed by atoms with Gasteiger partial charge in [-0.15, -0.1) is 0 Å².